The molecule has 0 amide bonds. The summed E-state index contributed by atoms with van der Waals surface area (Å²) >= 11 is 1.71. The standard InChI is InChI=1S/C16H19N3O2S.2C2HF3O2/c1-2-5-17-14(3-1)21-13-4-7-20-16(9-13)11-19(12-16)10-15-18-6-8-22-15;2*3-2(4,5)1(6)7/h1-3,5-6,8,13H,4,7,9-12H2;2*(H,6,7). The number of halogens is 6. The number of carboxylic acids is 2. The van der Waals surface area contributed by atoms with Gasteiger partial charge in [0, 0.05) is 49.8 Å². The SMILES string of the molecule is O=C(O)C(F)(F)F.O=C(O)C(F)(F)F.c1ccc(OC2CCOC3(C2)CN(Cc2nccs2)C3)nc1. The minimum atomic E-state index is -5.08. The molecule has 0 aromatic carbocycles. The molecule has 0 bridgehead atoms. The lowest BCUT2D eigenvalue weighted by Crippen LogP contribution is -2.65. The summed E-state index contributed by atoms with van der Waals surface area (Å²) in [7, 11) is 0. The van der Waals surface area contributed by atoms with Crippen molar-refractivity contribution in [2.24, 2.45) is 0 Å². The fourth-order valence-electron chi connectivity index (χ4n) is 3.29. The summed E-state index contributed by atoms with van der Waals surface area (Å²) in [6.45, 7) is 3.63. The number of carbonyl (C=O) groups is 2. The average Bonchev–Trinajstić information content (AvgIpc) is 3.26. The minimum Gasteiger partial charge on any atom is -0.475 e. The van der Waals surface area contributed by atoms with Crippen molar-refractivity contribution in [3.63, 3.8) is 0 Å². The Bertz CT molecular complexity index is 945. The number of hydrogen-bond acceptors (Lipinski definition) is 8. The Morgan fingerprint density at radius 3 is 2.17 bits per heavy atom. The van der Waals surface area contributed by atoms with Gasteiger partial charge < -0.3 is 19.7 Å². The number of alkyl halides is 6. The Balaban J connectivity index is 0.000000271. The van der Waals surface area contributed by atoms with Crippen molar-refractivity contribution in [1.29, 1.82) is 0 Å². The molecule has 4 heterocycles. The van der Waals surface area contributed by atoms with Gasteiger partial charge >= 0.3 is 24.3 Å². The van der Waals surface area contributed by atoms with Crippen LogP contribution in [0.25, 0.3) is 0 Å². The van der Waals surface area contributed by atoms with Crippen LogP contribution in [0.2, 0.25) is 0 Å². The third-order valence-electron chi connectivity index (χ3n) is 4.72. The van der Waals surface area contributed by atoms with Gasteiger partial charge in [-0.25, -0.2) is 19.6 Å². The zero-order chi connectivity index (χ0) is 27.0. The van der Waals surface area contributed by atoms with E-state index in [-0.39, 0.29) is 11.7 Å². The van der Waals surface area contributed by atoms with Gasteiger partial charge in [-0.3, -0.25) is 4.90 Å². The van der Waals surface area contributed by atoms with Gasteiger partial charge in [0.2, 0.25) is 5.88 Å². The number of nitrogens with zero attached hydrogens (tertiary/aromatic N) is 3. The van der Waals surface area contributed by atoms with Crippen molar-refractivity contribution in [2.45, 2.75) is 43.4 Å². The first-order valence-electron chi connectivity index (χ1n) is 10.1. The second kappa shape index (κ2) is 12.3. The van der Waals surface area contributed by atoms with Crippen LogP contribution in [0.3, 0.4) is 0 Å². The van der Waals surface area contributed by atoms with E-state index in [0.717, 1.165) is 39.1 Å². The molecule has 0 aliphatic carbocycles. The van der Waals surface area contributed by atoms with E-state index in [1.54, 1.807) is 17.5 Å². The summed E-state index contributed by atoms with van der Waals surface area (Å²) in [6, 6.07) is 5.77. The maximum Gasteiger partial charge on any atom is 0.490 e. The van der Waals surface area contributed by atoms with Crippen LogP contribution < -0.4 is 4.74 Å². The zero-order valence-electron chi connectivity index (χ0n) is 18.3. The average molecular weight is 545 g/mol. The van der Waals surface area contributed by atoms with E-state index >= 15 is 0 Å². The number of ether oxygens (including phenoxy) is 2. The van der Waals surface area contributed by atoms with Gasteiger partial charge in [-0.15, -0.1) is 11.3 Å². The second-order valence-corrected chi connectivity index (χ2v) is 8.59. The molecule has 2 N–H and O–H groups in total. The molecule has 16 heteroatoms. The lowest BCUT2D eigenvalue weighted by molar-refractivity contribution is -0.193. The quantitative estimate of drug-likeness (QED) is 0.555. The van der Waals surface area contributed by atoms with Gasteiger partial charge in [0.05, 0.1) is 18.8 Å². The Kier molecular flexibility index (Phi) is 10.0. The van der Waals surface area contributed by atoms with Crippen LogP contribution in [0.15, 0.2) is 36.0 Å². The fraction of sp³-hybridized carbons (Fsp3) is 0.500. The lowest BCUT2D eigenvalue weighted by Gasteiger charge is -2.52. The first-order chi connectivity index (χ1) is 16.7. The molecule has 2 aliphatic rings. The Labute approximate surface area is 204 Å². The molecule has 2 aromatic heterocycles. The lowest BCUT2D eigenvalue weighted by atomic mass is 9.85. The van der Waals surface area contributed by atoms with Gasteiger partial charge in [0.15, 0.2) is 0 Å². The molecule has 200 valence electrons. The number of carboxylic acid groups (broad SMARTS) is 2. The number of pyridine rings is 1. The van der Waals surface area contributed by atoms with Gasteiger partial charge in [-0.05, 0) is 6.07 Å². The number of thiazole rings is 1. The van der Waals surface area contributed by atoms with Crippen molar-refractivity contribution in [1.82, 2.24) is 14.9 Å². The summed E-state index contributed by atoms with van der Waals surface area (Å²) in [6.07, 6.45) is -4.46. The molecule has 4 rings (SSSR count). The molecule has 0 saturated carbocycles. The first kappa shape index (κ1) is 29.3. The number of likely N-dealkylation sites (tertiary alicyclic amines) is 1. The van der Waals surface area contributed by atoms with E-state index in [4.69, 9.17) is 29.3 Å². The number of aliphatic carboxylic acids is 2. The van der Waals surface area contributed by atoms with Crippen molar-refractivity contribution >= 4 is 23.3 Å². The van der Waals surface area contributed by atoms with Crippen LogP contribution >= 0.6 is 11.3 Å². The number of rotatable bonds is 4. The predicted octanol–water partition coefficient (Wildman–Crippen LogP) is 3.62. The molecule has 0 radical (unpaired) electrons. The highest BCUT2D eigenvalue weighted by Crippen LogP contribution is 2.36. The maximum atomic E-state index is 10.6. The van der Waals surface area contributed by atoms with Crippen LogP contribution in [-0.2, 0) is 20.9 Å². The molecule has 1 spiro atoms. The van der Waals surface area contributed by atoms with Crippen molar-refractivity contribution in [2.75, 3.05) is 19.7 Å². The van der Waals surface area contributed by atoms with E-state index in [1.807, 2.05) is 29.8 Å². The monoisotopic (exact) mass is 545 g/mol. The van der Waals surface area contributed by atoms with Crippen molar-refractivity contribution in [3.8, 4) is 5.88 Å². The molecular weight excluding hydrogens is 524 g/mol. The van der Waals surface area contributed by atoms with E-state index in [2.05, 4.69) is 14.9 Å². The summed E-state index contributed by atoms with van der Waals surface area (Å²) in [5.41, 5.74) is -0.0328. The third-order valence-corrected chi connectivity index (χ3v) is 5.49. The highest BCUT2D eigenvalue weighted by atomic mass is 32.1. The first-order valence-corrected chi connectivity index (χ1v) is 11.0. The summed E-state index contributed by atoms with van der Waals surface area (Å²) in [4.78, 5) is 28.8. The Morgan fingerprint density at radius 1 is 1.08 bits per heavy atom. The minimum absolute atomic E-state index is 0.0328. The van der Waals surface area contributed by atoms with E-state index < -0.39 is 24.3 Å². The summed E-state index contributed by atoms with van der Waals surface area (Å²) in [5, 5.41) is 17.4. The van der Waals surface area contributed by atoms with E-state index in [0.29, 0.717) is 5.88 Å². The molecule has 9 nitrogen and oxygen atoms in total. The van der Waals surface area contributed by atoms with Gasteiger partial charge in [-0.1, -0.05) is 6.07 Å². The van der Waals surface area contributed by atoms with E-state index in [9.17, 15) is 26.3 Å². The largest absolute Gasteiger partial charge is 0.490 e. The maximum absolute atomic E-state index is 10.6. The number of aromatic nitrogens is 2. The predicted molar refractivity (Wildman–Crippen MR) is 111 cm³/mol. The third kappa shape index (κ3) is 9.58. The zero-order valence-corrected chi connectivity index (χ0v) is 19.1. The molecular formula is C20H21F6N3O6S. The van der Waals surface area contributed by atoms with Gasteiger partial charge in [-0.2, -0.15) is 26.3 Å². The molecule has 2 aromatic rings. The highest BCUT2D eigenvalue weighted by molar-refractivity contribution is 7.09. The van der Waals surface area contributed by atoms with Gasteiger partial charge in [0.25, 0.3) is 0 Å². The van der Waals surface area contributed by atoms with Crippen LogP contribution in [0.5, 0.6) is 5.88 Å². The fourth-order valence-corrected chi connectivity index (χ4v) is 3.95. The normalized spacial score (nSPS) is 19.1. The Morgan fingerprint density at radius 2 is 1.69 bits per heavy atom. The molecule has 1 atom stereocenters. The number of hydrogen-bond donors (Lipinski definition) is 2. The van der Waals surface area contributed by atoms with E-state index in [1.165, 1.54) is 5.01 Å². The topological polar surface area (TPSA) is 122 Å². The van der Waals surface area contributed by atoms with Crippen molar-refractivity contribution < 1.29 is 55.6 Å². The van der Waals surface area contributed by atoms with Crippen LogP contribution in [0.4, 0.5) is 26.3 Å². The second-order valence-electron chi connectivity index (χ2n) is 7.61. The van der Waals surface area contributed by atoms with Crippen LogP contribution in [0.1, 0.15) is 17.8 Å². The molecule has 36 heavy (non-hydrogen) atoms. The highest BCUT2D eigenvalue weighted by Gasteiger charge is 2.48. The van der Waals surface area contributed by atoms with Crippen LogP contribution in [0, 0.1) is 0 Å². The van der Waals surface area contributed by atoms with Crippen molar-refractivity contribution in [3.05, 3.63) is 41.0 Å². The molecule has 2 aliphatic heterocycles. The summed E-state index contributed by atoms with van der Waals surface area (Å²) in [5.74, 6) is -4.80. The summed E-state index contributed by atoms with van der Waals surface area (Å²) < 4.78 is 75.5. The Hall–Kier alpha value is -2.98. The molecule has 2 saturated heterocycles. The molecule has 2 fully saturated rings. The van der Waals surface area contributed by atoms with Crippen LogP contribution in [-0.4, -0.2) is 80.8 Å². The smallest absolute Gasteiger partial charge is 0.475 e. The molecule has 1 unspecified atom stereocenters. The van der Waals surface area contributed by atoms with Gasteiger partial charge in [0.1, 0.15) is 11.1 Å².